The maximum absolute atomic E-state index is 10.2. The van der Waals surface area contributed by atoms with Crippen molar-refractivity contribution in [3.8, 4) is 0 Å². The van der Waals surface area contributed by atoms with Crippen molar-refractivity contribution in [3.63, 3.8) is 0 Å². The van der Waals surface area contributed by atoms with Gasteiger partial charge in [0.25, 0.3) is 0 Å². The Morgan fingerprint density at radius 2 is 2.00 bits per heavy atom. The lowest BCUT2D eigenvalue weighted by molar-refractivity contribution is 0.0887. The summed E-state index contributed by atoms with van der Waals surface area (Å²) in [5.74, 6) is 1.05. The van der Waals surface area contributed by atoms with Crippen molar-refractivity contribution >= 4 is 0 Å². The Morgan fingerprint density at radius 3 is 2.67 bits per heavy atom. The molecule has 2 atom stereocenters. The van der Waals surface area contributed by atoms with Crippen LogP contribution in [0.4, 0.5) is 0 Å². The van der Waals surface area contributed by atoms with Crippen LogP contribution < -0.4 is 0 Å². The van der Waals surface area contributed by atoms with Crippen LogP contribution in [0.25, 0.3) is 0 Å². The van der Waals surface area contributed by atoms with E-state index in [1.807, 2.05) is 0 Å². The van der Waals surface area contributed by atoms with Crippen molar-refractivity contribution in [2.75, 3.05) is 13.1 Å². The topological polar surface area (TPSA) is 23.5 Å². The summed E-state index contributed by atoms with van der Waals surface area (Å²) in [4.78, 5) is 2.46. The van der Waals surface area contributed by atoms with Crippen LogP contribution >= 0.6 is 0 Å². The van der Waals surface area contributed by atoms with E-state index >= 15 is 0 Å². The fourth-order valence-electron chi connectivity index (χ4n) is 2.84. The molecule has 100 valence electrons. The molecule has 18 heavy (non-hydrogen) atoms. The highest BCUT2D eigenvalue weighted by atomic mass is 16.3. The zero-order chi connectivity index (χ0) is 13.0. The molecule has 0 spiro atoms. The molecule has 1 heterocycles. The summed E-state index contributed by atoms with van der Waals surface area (Å²) in [6, 6.07) is 10.6. The van der Waals surface area contributed by atoms with Crippen LogP contribution in [0.1, 0.15) is 32.3 Å². The van der Waals surface area contributed by atoms with E-state index in [-0.39, 0.29) is 6.10 Å². The van der Waals surface area contributed by atoms with E-state index in [1.54, 1.807) is 0 Å². The van der Waals surface area contributed by atoms with E-state index in [0.29, 0.717) is 11.8 Å². The molecule has 0 bridgehead atoms. The molecule has 0 aromatic heterocycles. The summed E-state index contributed by atoms with van der Waals surface area (Å²) >= 11 is 0. The molecule has 2 heteroatoms. The smallest absolute Gasteiger partial charge is 0.0583 e. The Hall–Kier alpha value is -0.860. The average molecular weight is 247 g/mol. The number of hydrogen-bond acceptors (Lipinski definition) is 2. The van der Waals surface area contributed by atoms with E-state index in [2.05, 4.69) is 49.1 Å². The molecular formula is C16H25NO. The third kappa shape index (κ3) is 3.82. The van der Waals surface area contributed by atoms with Gasteiger partial charge in [0.2, 0.25) is 0 Å². The first-order chi connectivity index (χ1) is 8.65. The summed E-state index contributed by atoms with van der Waals surface area (Å²) in [5.41, 5.74) is 1.37. The quantitative estimate of drug-likeness (QED) is 0.865. The van der Waals surface area contributed by atoms with Gasteiger partial charge in [0.1, 0.15) is 0 Å². The van der Waals surface area contributed by atoms with Gasteiger partial charge in [-0.1, -0.05) is 44.2 Å². The summed E-state index contributed by atoms with van der Waals surface area (Å²) < 4.78 is 0. The van der Waals surface area contributed by atoms with Crippen LogP contribution in [0.5, 0.6) is 0 Å². The molecule has 0 amide bonds. The number of benzene rings is 1. The highest BCUT2D eigenvalue weighted by Gasteiger charge is 2.28. The van der Waals surface area contributed by atoms with Crippen LogP contribution in [-0.2, 0) is 6.54 Å². The van der Waals surface area contributed by atoms with Crippen molar-refractivity contribution in [2.45, 2.75) is 39.3 Å². The first kappa shape index (κ1) is 13.6. The standard InChI is InChI=1S/C16H25NO/c1-13(2)10-16(18)15-8-9-17(12-15)11-14-6-4-3-5-7-14/h3-7,13,15-16,18H,8-12H2,1-2H3/t15-,16?/m0/s1. The van der Waals surface area contributed by atoms with Crippen molar-refractivity contribution in [1.82, 2.24) is 4.90 Å². The van der Waals surface area contributed by atoms with Crippen LogP contribution in [-0.4, -0.2) is 29.2 Å². The maximum atomic E-state index is 10.2. The van der Waals surface area contributed by atoms with E-state index < -0.39 is 0 Å². The monoisotopic (exact) mass is 247 g/mol. The fraction of sp³-hybridized carbons (Fsp3) is 0.625. The fourth-order valence-corrected chi connectivity index (χ4v) is 2.84. The number of aliphatic hydroxyl groups is 1. The highest BCUT2D eigenvalue weighted by Crippen LogP contribution is 2.24. The zero-order valence-corrected chi connectivity index (χ0v) is 11.5. The van der Waals surface area contributed by atoms with Crippen LogP contribution in [0, 0.1) is 11.8 Å². The third-order valence-electron chi connectivity index (χ3n) is 3.81. The van der Waals surface area contributed by atoms with Gasteiger partial charge in [-0.2, -0.15) is 0 Å². The molecule has 1 aliphatic rings. The lowest BCUT2D eigenvalue weighted by Gasteiger charge is -2.21. The van der Waals surface area contributed by atoms with E-state index in [0.717, 1.165) is 32.5 Å². The Balaban J connectivity index is 1.81. The normalized spacial score (nSPS) is 22.6. The van der Waals surface area contributed by atoms with Gasteiger partial charge in [-0.15, -0.1) is 0 Å². The Kier molecular flexibility index (Phi) is 4.79. The zero-order valence-electron chi connectivity index (χ0n) is 11.5. The molecule has 1 N–H and O–H groups in total. The third-order valence-corrected chi connectivity index (χ3v) is 3.81. The van der Waals surface area contributed by atoms with Gasteiger partial charge >= 0.3 is 0 Å². The molecule has 2 rings (SSSR count). The molecule has 1 aromatic carbocycles. The van der Waals surface area contributed by atoms with Gasteiger partial charge in [0, 0.05) is 13.1 Å². The molecule has 0 saturated carbocycles. The summed E-state index contributed by atoms with van der Waals surface area (Å²) in [7, 11) is 0. The van der Waals surface area contributed by atoms with Crippen molar-refractivity contribution < 1.29 is 5.11 Å². The van der Waals surface area contributed by atoms with E-state index in [9.17, 15) is 5.11 Å². The maximum Gasteiger partial charge on any atom is 0.0583 e. The molecule has 1 saturated heterocycles. The van der Waals surface area contributed by atoms with Crippen molar-refractivity contribution in [2.24, 2.45) is 11.8 Å². The minimum absolute atomic E-state index is 0.120. The first-order valence-electron chi connectivity index (χ1n) is 7.09. The number of hydrogen-bond donors (Lipinski definition) is 1. The average Bonchev–Trinajstić information content (AvgIpc) is 2.78. The molecule has 1 aliphatic heterocycles. The van der Waals surface area contributed by atoms with Crippen molar-refractivity contribution in [1.29, 1.82) is 0 Å². The van der Waals surface area contributed by atoms with Crippen LogP contribution in [0.2, 0.25) is 0 Å². The molecule has 1 fully saturated rings. The second kappa shape index (κ2) is 6.35. The van der Waals surface area contributed by atoms with Gasteiger partial charge in [0.05, 0.1) is 6.10 Å². The summed E-state index contributed by atoms with van der Waals surface area (Å²) in [6.45, 7) is 7.54. The lowest BCUT2D eigenvalue weighted by Crippen LogP contribution is -2.26. The number of aliphatic hydroxyl groups excluding tert-OH is 1. The molecule has 2 nitrogen and oxygen atoms in total. The second-order valence-electron chi connectivity index (χ2n) is 5.97. The summed E-state index contributed by atoms with van der Waals surface area (Å²) in [5, 5.41) is 10.2. The van der Waals surface area contributed by atoms with Crippen LogP contribution in [0.3, 0.4) is 0 Å². The molecule has 1 aromatic rings. The molecular weight excluding hydrogens is 222 g/mol. The lowest BCUT2D eigenvalue weighted by atomic mass is 9.94. The minimum Gasteiger partial charge on any atom is -0.393 e. The Bertz CT molecular complexity index is 349. The number of likely N-dealkylation sites (tertiary alicyclic amines) is 1. The predicted octanol–water partition coefficient (Wildman–Crippen LogP) is 2.92. The molecule has 0 radical (unpaired) electrons. The predicted molar refractivity (Wildman–Crippen MR) is 75.3 cm³/mol. The second-order valence-corrected chi connectivity index (χ2v) is 5.97. The van der Waals surface area contributed by atoms with E-state index in [1.165, 1.54) is 5.56 Å². The van der Waals surface area contributed by atoms with Gasteiger partial charge in [-0.25, -0.2) is 0 Å². The highest BCUT2D eigenvalue weighted by molar-refractivity contribution is 5.14. The van der Waals surface area contributed by atoms with E-state index in [4.69, 9.17) is 0 Å². The van der Waals surface area contributed by atoms with Crippen LogP contribution in [0.15, 0.2) is 30.3 Å². The molecule has 0 aliphatic carbocycles. The largest absolute Gasteiger partial charge is 0.393 e. The number of nitrogens with zero attached hydrogens (tertiary/aromatic N) is 1. The minimum atomic E-state index is -0.120. The first-order valence-corrected chi connectivity index (χ1v) is 7.09. The van der Waals surface area contributed by atoms with Gasteiger partial charge in [0.15, 0.2) is 0 Å². The van der Waals surface area contributed by atoms with Gasteiger partial charge in [-0.3, -0.25) is 4.90 Å². The van der Waals surface area contributed by atoms with Crippen molar-refractivity contribution in [3.05, 3.63) is 35.9 Å². The summed E-state index contributed by atoms with van der Waals surface area (Å²) in [6.07, 6.45) is 1.95. The Morgan fingerprint density at radius 1 is 1.28 bits per heavy atom. The Labute approximate surface area is 111 Å². The molecule has 1 unspecified atom stereocenters. The SMILES string of the molecule is CC(C)CC(O)[C@H]1CCN(Cc2ccccc2)C1. The number of rotatable bonds is 5. The van der Waals surface area contributed by atoms with Gasteiger partial charge in [-0.05, 0) is 36.8 Å². The van der Waals surface area contributed by atoms with Gasteiger partial charge < -0.3 is 5.11 Å².